The number of benzene rings is 4. The van der Waals surface area contributed by atoms with Gasteiger partial charge in [-0.3, -0.25) is 9.59 Å². The molecular formula is C35H31F3N2O2. The summed E-state index contributed by atoms with van der Waals surface area (Å²) in [6.07, 6.45) is 2.63. The molecule has 0 spiro atoms. The molecule has 4 nitrogen and oxygen atoms in total. The van der Waals surface area contributed by atoms with Crippen molar-refractivity contribution in [1.29, 1.82) is 0 Å². The molecule has 2 amide bonds. The van der Waals surface area contributed by atoms with Gasteiger partial charge in [0.05, 0.1) is 11.5 Å². The van der Waals surface area contributed by atoms with Crippen LogP contribution in [-0.4, -0.2) is 29.8 Å². The first kappa shape index (κ1) is 27.8. The van der Waals surface area contributed by atoms with E-state index < -0.39 is 5.41 Å². The van der Waals surface area contributed by atoms with Gasteiger partial charge in [-0.2, -0.15) is 0 Å². The predicted octanol–water partition coefficient (Wildman–Crippen LogP) is 7.21. The van der Waals surface area contributed by atoms with E-state index in [4.69, 9.17) is 0 Å². The van der Waals surface area contributed by atoms with Crippen LogP contribution in [0.1, 0.15) is 53.2 Å². The van der Waals surface area contributed by atoms with Gasteiger partial charge >= 0.3 is 0 Å². The molecule has 1 heterocycles. The van der Waals surface area contributed by atoms with Gasteiger partial charge in [0.1, 0.15) is 17.5 Å². The zero-order chi connectivity index (χ0) is 29.3. The molecule has 2 aliphatic rings. The smallest absolute Gasteiger partial charge is 0.253 e. The van der Waals surface area contributed by atoms with Crippen LogP contribution in [0.3, 0.4) is 0 Å². The number of hydrogen-bond donors (Lipinski definition) is 1. The summed E-state index contributed by atoms with van der Waals surface area (Å²) in [5, 5.41) is 3.22. The van der Waals surface area contributed by atoms with Crippen molar-refractivity contribution in [2.24, 2.45) is 5.92 Å². The Balaban J connectivity index is 1.21. The Bertz CT molecular complexity index is 1570. The topological polar surface area (TPSA) is 49.4 Å². The average Bonchev–Trinajstić information content (AvgIpc) is 3.86. The van der Waals surface area contributed by atoms with Crippen LogP contribution >= 0.6 is 0 Å². The maximum Gasteiger partial charge on any atom is 0.253 e. The van der Waals surface area contributed by atoms with Gasteiger partial charge in [0.25, 0.3) is 5.91 Å². The third-order valence-corrected chi connectivity index (χ3v) is 8.63. The van der Waals surface area contributed by atoms with Gasteiger partial charge in [0.2, 0.25) is 5.91 Å². The standard InChI is InChI=1S/C35H31F3N2O2/c36-29-14-10-24(11-15-29)23-4-8-26(9-5-23)33(41)40-20-18-35(19-21-40,28-12-16-30(37)17-13-28)34(42)39-32(25-6-7-25)27-2-1-3-31(38)22-27/h1-5,8-17,22,25,32H,6-7,18-21H2,(H,39,42)/t32-/m0/s1. The number of nitrogens with zero attached hydrogens (tertiary/aromatic N) is 1. The lowest BCUT2D eigenvalue weighted by molar-refractivity contribution is -0.129. The molecular weight excluding hydrogens is 537 g/mol. The molecule has 4 aromatic rings. The van der Waals surface area contributed by atoms with Gasteiger partial charge in [-0.25, -0.2) is 13.2 Å². The third-order valence-electron chi connectivity index (χ3n) is 8.63. The van der Waals surface area contributed by atoms with Crippen LogP contribution in [0.2, 0.25) is 0 Å². The van der Waals surface area contributed by atoms with Crippen molar-refractivity contribution < 1.29 is 22.8 Å². The maximum absolute atomic E-state index is 14.1. The molecule has 4 aromatic carbocycles. The molecule has 1 aliphatic heterocycles. The number of piperidine rings is 1. The number of hydrogen-bond acceptors (Lipinski definition) is 2. The SMILES string of the molecule is O=C(c1ccc(-c2ccc(F)cc2)cc1)N1CCC(C(=O)N[C@H](c2cccc(F)c2)C2CC2)(c2ccc(F)cc2)CC1. The highest BCUT2D eigenvalue weighted by Crippen LogP contribution is 2.43. The molecule has 0 bridgehead atoms. The van der Waals surface area contributed by atoms with Crippen LogP contribution in [0.25, 0.3) is 11.1 Å². The summed E-state index contributed by atoms with van der Waals surface area (Å²) < 4.78 is 41.2. The second-order valence-corrected chi connectivity index (χ2v) is 11.3. The van der Waals surface area contributed by atoms with Gasteiger partial charge < -0.3 is 10.2 Å². The number of halogens is 3. The average molecular weight is 569 g/mol. The van der Waals surface area contributed by atoms with Crippen LogP contribution in [0.15, 0.2) is 97.1 Å². The summed E-state index contributed by atoms with van der Waals surface area (Å²) in [6.45, 7) is 0.689. The first-order valence-corrected chi connectivity index (χ1v) is 14.3. The van der Waals surface area contributed by atoms with Gasteiger partial charge in [0.15, 0.2) is 0 Å². The molecule has 0 aromatic heterocycles. The molecule has 2 fully saturated rings. The number of likely N-dealkylation sites (tertiary alicyclic amines) is 1. The summed E-state index contributed by atoms with van der Waals surface area (Å²) in [5.74, 6) is -1.13. The minimum absolute atomic E-state index is 0.135. The molecule has 1 atom stereocenters. The van der Waals surface area contributed by atoms with Crippen LogP contribution in [0.4, 0.5) is 13.2 Å². The van der Waals surface area contributed by atoms with Gasteiger partial charge in [-0.05, 0) is 102 Å². The van der Waals surface area contributed by atoms with E-state index >= 15 is 0 Å². The molecule has 7 heteroatoms. The Morgan fingerprint density at radius 1 is 0.738 bits per heavy atom. The number of amides is 2. The zero-order valence-electron chi connectivity index (χ0n) is 23.0. The van der Waals surface area contributed by atoms with E-state index in [9.17, 15) is 22.8 Å². The van der Waals surface area contributed by atoms with E-state index in [2.05, 4.69) is 5.32 Å². The minimum Gasteiger partial charge on any atom is -0.348 e. The molecule has 1 saturated heterocycles. The van der Waals surface area contributed by atoms with Gasteiger partial charge in [-0.15, -0.1) is 0 Å². The molecule has 6 rings (SSSR count). The van der Waals surface area contributed by atoms with Gasteiger partial charge in [-0.1, -0.05) is 48.5 Å². The first-order valence-electron chi connectivity index (χ1n) is 14.3. The van der Waals surface area contributed by atoms with Crippen molar-refractivity contribution in [2.45, 2.75) is 37.1 Å². The quantitative estimate of drug-likeness (QED) is 0.256. The lowest BCUT2D eigenvalue weighted by atomic mass is 9.71. The van der Waals surface area contributed by atoms with Crippen LogP contribution in [0.5, 0.6) is 0 Å². The van der Waals surface area contributed by atoms with Crippen molar-refractivity contribution in [3.05, 3.63) is 131 Å². The fraction of sp³-hybridized carbons (Fsp3) is 0.257. The molecule has 0 unspecified atom stereocenters. The van der Waals surface area contributed by atoms with Crippen LogP contribution < -0.4 is 5.32 Å². The van der Waals surface area contributed by atoms with Crippen molar-refractivity contribution in [3.63, 3.8) is 0 Å². The summed E-state index contributed by atoms with van der Waals surface area (Å²) in [5.41, 5.74) is 2.73. The minimum atomic E-state index is -0.961. The molecule has 214 valence electrons. The highest BCUT2D eigenvalue weighted by molar-refractivity contribution is 5.95. The Hall–Kier alpha value is -4.39. The van der Waals surface area contributed by atoms with E-state index in [1.807, 2.05) is 18.2 Å². The lowest BCUT2D eigenvalue weighted by Crippen LogP contribution is -2.53. The molecule has 1 N–H and O–H groups in total. The second kappa shape index (κ2) is 11.5. The number of rotatable bonds is 7. The van der Waals surface area contributed by atoms with E-state index in [0.717, 1.165) is 29.5 Å². The zero-order valence-corrected chi connectivity index (χ0v) is 23.0. The molecule has 1 saturated carbocycles. The van der Waals surface area contributed by atoms with Crippen molar-refractivity contribution in [3.8, 4) is 11.1 Å². The number of carbonyl (C=O) groups is 2. The molecule has 1 aliphatic carbocycles. The summed E-state index contributed by atoms with van der Waals surface area (Å²) in [4.78, 5) is 29.3. The van der Waals surface area contributed by atoms with E-state index in [0.29, 0.717) is 37.1 Å². The molecule has 42 heavy (non-hydrogen) atoms. The van der Waals surface area contributed by atoms with Crippen molar-refractivity contribution >= 4 is 11.8 Å². The highest BCUT2D eigenvalue weighted by Gasteiger charge is 2.46. The summed E-state index contributed by atoms with van der Waals surface area (Å²) >= 11 is 0. The second-order valence-electron chi connectivity index (χ2n) is 11.3. The van der Waals surface area contributed by atoms with Crippen molar-refractivity contribution in [2.75, 3.05) is 13.1 Å². The maximum atomic E-state index is 14.1. The Morgan fingerprint density at radius 3 is 1.88 bits per heavy atom. The normalized spacial score (nSPS) is 17.0. The van der Waals surface area contributed by atoms with E-state index in [1.165, 1.54) is 36.4 Å². The Labute approximate surface area is 243 Å². The lowest BCUT2D eigenvalue weighted by Gasteiger charge is -2.42. The monoisotopic (exact) mass is 568 g/mol. The Kier molecular flexibility index (Phi) is 7.58. The van der Waals surface area contributed by atoms with E-state index in [-0.39, 0.29) is 41.2 Å². The fourth-order valence-corrected chi connectivity index (χ4v) is 6.02. The Morgan fingerprint density at radius 2 is 1.31 bits per heavy atom. The largest absolute Gasteiger partial charge is 0.348 e. The fourth-order valence-electron chi connectivity index (χ4n) is 6.02. The number of nitrogens with one attached hydrogen (secondary N) is 1. The van der Waals surface area contributed by atoms with Crippen molar-refractivity contribution in [1.82, 2.24) is 10.2 Å². The van der Waals surface area contributed by atoms with Crippen LogP contribution in [-0.2, 0) is 10.2 Å². The summed E-state index contributed by atoms with van der Waals surface area (Å²) in [7, 11) is 0. The summed E-state index contributed by atoms with van der Waals surface area (Å²) in [6, 6.07) is 25.4. The predicted molar refractivity (Wildman–Crippen MR) is 155 cm³/mol. The number of carbonyl (C=O) groups excluding carboxylic acids is 2. The first-order chi connectivity index (χ1) is 20.3. The third kappa shape index (κ3) is 5.69. The van der Waals surface area contributed by atoms with Gasteiger partial charge in [0, 0.05) is 18.7 Å². The van der Waals surface area contributed by atoms with Crippen LogP contribution in [0, 0.1) is 23.4 Å². The molecule has 0 radical (unpaired) electrons. The van der Waals surface area contributed by atoms with E-state index in [1.54, 1.807) is 47.4 Å². The highest BCUT2D eigenvalue weighted by atomic mass is 19.1.